The van der Waals surface area contributed by atoms with Crippen LogP contribution in [0.25, 0.3) is 10.2 Å². The Labute approximate surface area is 171 Å². The Morgan fingerprint density at radius 2 is 2.00 bits per heavy atom. The van der Waals surface area contributed by atoms with Crippen LogP contribution in [0.3, 0.4) is 0 Å². The van der Waals surface area contributed by atoms with Crippen molar-refractivity contribution in [1.82, 2.24) is 4.98 Å². The summed E-state index contributed by atoms with van der Waals surface area (Å²) in [4.78, 5) is 33.4. The highest BCUT2D eigenvalue weighted by molar-refractivity contribution is 8.15. The van der Waals surface area contributed by atoms with Crippen molar-refractivity contribution in [2.24, 2.45) is 4.99 Å². The van der Waals surface area contributed by atoms with Gasteiger partial charge in [0.05, 0.1) is 15.3 Å². The lowest BCUT2D eigenvalue weighted by Gasteiger charge is -2.11. The third kappa shape index (κ3) is 4.15. The summed E-state index contributed by atoms with van der Waals surface area (Å²) in [5.74, 6) is -0.409. The molecule has 0 fully saturated rings. The predicted molar refractivity (Wildman–Crippen MR) is 116 cm³/mol. The summed E-state index contributed by atoms with van der Waals surface area (Å²) in [5.41, 5.74) is 3.82. The molecular weight excluding hydrogens is 390 g/mol. The molecule has 2 amide bonds. The van der Waals surface area contributed by atoms with E-state index >= 15 is 0 Å². The largest absolute Gasteiger partial charge is 0.326 e. The number of thiazole rings is 1. The first kappa shape index (κ1) is 18.8. The van der Waals surface area contributed by atoms with Crippen molar-refractivity contribution in [2.75, 3.05) is 5.32 Å². The molecule has 2 aromatic carbocycles. The average molecular weight is 410 g/mol. The molecule has 7 heteroatoms. The van der Waals surface area contributed by atoms with Crippen molar-refractivity contribution < 1.29 is 9.59 Å². The number of anilines is 1. The summed E-state index contributed by atoms with van der Waals surface area (Å²) in [6.07, 6.45) is 0.647. The Morgan fingerprint density at radius 3 is 2.82 bits per heavy atom. The van der Waals surface area contributed by atoms with Crippen molar-refractivity contribution in [3.8, 4) is 0 Å². The molecule has 1 aliphatic rings. The zero-order valence-corrected chi connectivity index (χ0v) is 17.2. The molecule has 1 atom stereocenters. The quantitative estimate of drug-likeness (QED) is 0.672. The molecule has 28 heavy (non-hydrogen) atoms. The van der Waals surface area contributed by atoms with Gasteiger partial charge in [0.1, 0.15) is 10.3 Å². The normalized spacial score (nSPS) is 16.4. The molecule has 0 radical (unpaired) electrons. The van der Waals surface area contributed by atoms with Gasteiger partial charge in [-0.3, -0.25) is 9.59 Å². The Morgan fingerprint density at radius 1 is 1.18 bits per heavy atom. The molecule has 2 heterocycles. The number of hydrogen-bond donors (Lipinski definition) is 1. The maximum atomic E-state index is 12.4. The molecule has 0 unspecified atom stereocenters. The third-order valence-electron chi connectivity index (χ3n) is 4.47. The second-order valence-electron chi connectivity index (χ2n) is 6.77. The van der Waals surface area contributed by atoms with Gasteiger partial charge in [0, 0.05) is 18.5 Å². The highest BCUT2D eigenvalue weighted by Gasteiger charge is 2.31. The molecule has 0 saturated heterocycles. The number of carbonyl (C=O) groups excluding carboxylic acids is 2. The van der Waals surface area contributed by atoms with Crippen LogP contribution in [0.5, 0.6) is 0 Å². The van der Waals surface area contributed by atoms with Crippen molar-refractivity contribution >= 4 is 55.9 Å². The van der Waals surface area contributed by atoms with Gasteiger partial charge in [-0.05, 0) is 43.2 Å². The van der Waals surface area contributed by atoms with E-state index in [1.807, 2.05) is 56.3 Å². The number of aryl methyl sites for hydroxylation is 2. The number of para-hydroxylation sites is 1. The molecule has 142 valence electrons. The lowest BCUT2D eigenvalue weighted by Crippen LogP contribution is -2.21. The summed E-state index contributed by atoms with van der Waals surface area (Å²) < 4.78 is 1.12. The van der Waals surface area contributed by atoms with E-state index in [-0.39, 0.29) is 18.2 Å². The smallest absolute Gasteiger partial charge is 0.260 e. The number of rotatable bonds is 5. The number of amides is 2. The van der Waals surface area contributed by atoms with Gasteiger partial charge in [-0.2, -0.15) is 0 Å². The topological polar surface area (TPSA) is 71.4 Å². The summed E-state index contributed by atoms with van der Waals surface area (Å²) in [7, 11) is 0. The molecule has 1 aliphatic heterocycles. The van der Waals surface area contributed by atoms with E-state index in [2.05, 4.69) is 15.3 Å². The van der Waals surface area contributed by atoms with Crippen LogP contribution in [-0.4, -0.2) is 27.1 Å². The molecule has 0 aliphatic carbocycles. The van der Waals surface area contributed by atoms with Gasteiger partial charge < -0.3 is 5.32 Å². The van der Waals surface area contributed by atoms with Gasteiger partial charge in [-0.1, -0.05) is 36.0 Å². The first-order chi connectivity index (χ1) is 13.5. The van der Waals surface area contributed by atoms with Gasteiger partial charge in [-0.15, -0.1) is 11.3 Å². The maximum Gasteiger partial charge on any atom is 0.260 e. The Bertz CT molecular complexity index is 1070. The van der Waals surface area contributed by atoms with E-state index in [0.717, 1.165) is 37.1 Å². The van der Waals surface area contributed by atoms with Gasteiger partial charge in [0.2, 0.25) is 5.91 Å². The first-order valence-corrected chi connectivity index (χ1v) is 10.7. The van der Waals surface area contributed by atoms with Crippen LogP contribution in [0.1, 0.15) is 22.6 Å². The summed E-state index contributed by atoms with van der Waals surface area (Å²) >= 11 is 2.99. The van der Waals surface area contributed by atoms with Crippen molar-refractivity contribution in [1.29, 1.82) is 0 Å². The SMILES string of the molecule is Cc1ccc(C)c(NC(=O)C[C@@H]2SC(Cc3nc4ccccc4s3)=NC2=O)c1. The molecule has 1 aromatic heterocycles. The van der Waals surface area contributed by atoms with E-state index in [0.29, 0.717) is 6.42 Å². The number of nitrogens with zero attached hydrogens (tertiary/aromatic N) is 2. The summed E-state index contributed by atoms with van der Waals surface area (Å²) in [6.45, 7) is 3.93. The van der Waals surface area contributed by atoms with E-state index in [1.54, 1.807) is 11.3 Å². The second kappa shape index (κ2) is 7.85. The highest BCUT2D eigenvalue weighted by atomic mass is 32.2. The number of fused-ring (bicyclic) bond motifs is 1. The highest BCUT2D eigenvalue weighted by Crippen LogP contribution is 2.30. The lowest BCUT2D eigenvalue weighted by molar-refractivity contribution is -0.121. The monoisotopic (exact) mass is 409 g/mol. The third-order valence-corrected chi connectivity index (χ3v) is 6.66. The van der Waals surface area contributed by atoms with Gasteiger partial charge in [-0.25, -0.2) is 9.98 Å². The number of aliphatic imine (C=N–C) groups is 1. The van der Waals surface area contributed by atoms with E-state index in [1.165, 1.54) is 11.8 Å². The summed E-state index contributed by atoms with van der Waals surface area (Å²) in [5, 5.41) is 4.11. The zero-order valence-electron chi connectivity index (χ0n) is 15.6. The number of carbonyl (C=O) groups is 2. The van der Waals surface area contributed by atoms with Gasteiger partial charge >= 0.3 is 0 Å². The van der Waals surface area contributed by atoms with Gasteiger partial charge in [0.15, 0.2) is 0 Å². The van der Waals surface area contributed by atoms with E-state index in [4.69, 9.17) is 0 Å². The van der Waals surface area contributed by atoms with Crippen LogP contribution in [0.15, 0.2) is 47.5 Å². The van der Waals surface area contributed by atoms with Crippen LogP contribution < -0.4 is 5.32 Å². The molecule has 0 spiro atoms. The van der Waals surface area contributed by atoms with Crippen LogP contribution in [0.4, 0.5) is 5.69 Å². The van der Waals surface area contributed by atoms with Crippen molar-refractivity contribution in [2.45, 2.75) is 31.9 Å². The fourth-order valence-electron chi connectivity index (χ4n) is 3.01. The minimum absolute atomic E-state index is 0.115. The van der Waals surface area contributed by atoms with E-state index in [9.17, 15) is 9.59 Å². The Balaban J connectivity index is 1.37. The molecule has 0 saturated carbocycles. The Hall–Kier alpha value is -2.51. The fraction of sp³-hybridized carbons (Fsp3) is 0.238. The van der Waals surface area contributed by atoms with Crippen molar-refractivity contribution in [3.05, 3.63) is 58.6 Å². The second-order valence-corrected chi connectivity index (χ2v) is 9.16. The fourth-order valence-corrected chi connectivity index (χ4v) is 5.15. The molecule has 0 bridgehead atoms. The minimum atomic E-state index is -0.463. The minimum Gasteiger partial charge on any atom is -0.326 e. The molecule has 3 aromatic rings. The number of benzene rings is 2. The van der Waals surface area contributed by atoms with Crippen LogP contribution in [0, 0.1) is 13.8 Å². The molecule has 1 N–H and O–H groups in total. The number of aromatic nitrogens is 1. The molecule has 4 rings (SSSR count). The number of thioether (sulfide) groups is 1. The van der Waals surface area contributed by atoms with Crippen LogP contribution >= 0.6 is 23.1 Å². The number of nitrogens with one attached hydrogen (secondary N) is 1. The van der Waals surface area contributed by atoms with Crippen LogP contribution in [-0.2, 0) is 16.0 Å². The zero-order chi connectivity index (χ0) is 19.7. The molecular formula is C21H19N3O2S2. The standard InChI is InChI=1S/C21H19N3O2S2/c1-12-7-8-13(2)15(9-12)22-18(25)10-17-21(26)24-20(28-17)11-19-23-14-5-3-4-6-16(14)27-19/h3-9,17H,10-11H2,1-2H3,(H,22,25)/t17-/m0/s1. The summed E-state index contributed by atoms with van der Waals surface area (Å²) in [6, 6.07) is 13.9. The van der Waals surface area contributed by atoms with Crippen LogP contribution in [0.2, 0.25) is 0 Å². The molecule has 5 nitrogen and oxygen atoms in total. The number of hydrogen-bond acceptors (Lipinski definition) is 5. The first-order valence-electron chi connectivity index (χ1n) is 8.97. The Kier molecular flexibility index (Phi) is 5.28. The average Bonchev–Trinajstić information content (AvgIpc) is 3.21. The van der Waals surface area contributed by atoms with E-state index < -0.39 is 5.25 Å². The predicted octanol–water partition coefficient (Wildman–Crippen LogP) is 4.52. The maximum absolute atomic E-state index is 12.4. The van der Waals surface area contributed by atoms with Gasteiger partial charge in [0.25, 0.3) is 5.91 Å². The lowest BCUT2D eigenvalue weighted by atomic mass is 10.1. The van der Waals surface area contributed by atoms with Crippen molar-refractivity contribution in [3.63, 3.8) is 0 Å².